The highest BCUT2D eigenvalue weighted by atomic mass is 35.5. The van der Waals surface area contributed by atoms with Crippen LogP contribution in [0.4, 0.5) is 5.69 Å². The molecule has 0 aliphatic heterocycles. The first-order valence-electron chi connectivity index (χ1n) is 6.92. The molecule has 2 heterocycles. The molecule has 2 N–H and O–H groups in total. The van der Waals surface area contributed by atoms with Crippen molar-refractivity contribution in [2.24, 2.45) is 5.10 Å². The molecule has 0 fully saturated rings. The summed E-state index contributed by atoms with van der Waals surface area (Å²) in [6.07, 6.45) is 1.32. The highest BCUT2D eigenvalue weighted by molar-refractivity contribution is 7.19. The fourth-order valence-electron chi connectivity index (χ4n) is 1.96. The Hall–Kier alpha value is -3.04. The molecule has 3 rings (SSSR count). The van der Waals surface area contributed by atoms with E-state index in [1.807, 2.05) is 6.07 Å². The van der Waals surface area contributed by atoms with Gasteiger partial charge in [0.2, 0.25) is 0 Å². The van der Waals surface area contributed by atoms with Crippen LogP contribution in [0.5, 0.6) is 0 Å². The van der Waals surface area contributed by atoms with Crippen molar-refractivity contribution >= 4 is 40.7 Å². The number of carbonyl (C=O) groups excluding carboxylic acids is 1. The van der Waals surface area contributed by atoms with Crippen LogP contribution in [0.2, 0.25) is 4.34 Å². The number of nitrogens with one attached hydrogen (secondary N) is 2. The zero-order valence-electron chi connectivity index (χ0n) is 12.5. The Balaban J connectivity index is 1.66. The second-order valence-electron chi connectivity index (χ2n) is 4.82. The third-order valence-electron chi connectivity index (χ3n) is 3.11. The second kappa shape index (κ2) is 7.24. The van der Waals surface area contributed by atoms with Gasteiger partial charge < -0.3 is 0 Å². The molecule has 0 aliphatic rings. The molecule has 0 aliphatic carbocycles. The number of nitrogens with zero attached hydrogens (tertiary/aromatic N) is 3. The minimum atomic E-state index is -0.508. The lowest BCUT2D eigenvalue weighted by atomic mass is 10.2. The summed E-state index contributed by atoms with van der Waals surface area (Å²) in [7, 11) is 0. The van der Waals surface area contributed by atoms with Crippen LogP contribution in [0.1, 0.15) is 16.1 Å². The van der Waals surface area contributed by atoms with E-state index in [0.717, 1.165) is 4.88 Å². The minimum absolute atomic E-state index is 0.0539. The van der Waals surface area contributed by atoms with Gasteiger partial charge in [0.1, 0.15) is 0 Å². The van der Waals surface area contributed by atoms with E-state index in [4.69, 9.17) is 11.6 Å². The monoisotopic (exact) mass is 375 g/mol. The topological polar surface area (TPSA) is 113 Å². The molecule has 3 aromatic rings. The van der Waals surface area contributed by atoms with Crippen molar-refractivity contribution in [1.82, 2.24) is 15.6 Å². The maximum atomic E-state index is 12.0. The maximum Gasteiger partial charge on any atom is 0.291 e. The predicted molar refractivity (Wildman–Crippen MR) is 95.1 cm³/mol. The SMILES string of the molecule is O=C(N/N=C/c1cccc([N+](=O)[O-])c1)c1cc(-c2ccc(Cl)s2)[nH]n1. The van der Waals surface area contributed by atoms with Crippen LogP contribution < -0.4 is 5.43 Å². The molecule has 2 aromatic heterocycles. The molecule has 25 heavy (non-hydrogen) atoms. The van der Waals surface area contributed by atoms with Crippen LogP contribution in [-0.4, -0.2) is 27.2 Å². The second-order valence-corrected chi connectivity index (χ2v) is 6.54. The van der Waals surface area contributed by atoms with E-state index < -0.39 is 10.8 Å². The number of hydrogen-bond donors (Lipinski definition) is 2. The molecular weight excluding hydrogens is 366 g/mol. The van der Waals surface area contributed by atoms with Gasteiger partial charge in [-0.3, -0.25) is 20.0 Å². The van der Waals surface area contributed by atoms with Crippen LogP contribution >= 0.6 is 22.9 Å². The van der Waals surface area contributed by atoms with Crippen molar-refractivity contribution in [2.75, 3.05) is 0 Å². The number of halogens is 1. The van der Waals surface area contributed by atoms with E-state index in [-0.39, 0.29) is 11.4 Å². The fraction of sp³-hybridized carbons (Fsp3) is 0. The zero-order valence-corrected chi connectivity index (χ0v) is 14.0. The molecule has 126 valence electrons. The average Bonchev–Trinajstić information content (AvgIpc) is 3.24. The zero-order chi connectivity index (χ0) is 17.8. The van der Waals surface area contributed by atoms with Gasteiger partial charge in [0.15, 0.2) is 5.69 Å². The number of nitro benzene ring substituents is 1. The Bertz CT molecular complexity index is 965. The third-order valence-corrected chi connectivity index (χ3v) is 4.37. The number of rotatable bonds is 5. The molecule has 10 heteroatoms. The lowest BCUT2D eigenvalue weighted by Crippen LogP contribution is -2.18. The van der Waals surface area contributed by atoms with Gasteiger partial charge in [-0.2, -0.15) is 10.2 Å². The number of non-ortho nitro benzene ring substituents is 1. The maximum absolute atomic E-state index is 12.0. The quantitative estimate of drug-likeness (QED) is 0.403. The van der Waals surface area contributed by atoms with E-state index >= 15 is 0 Å². The van der Waals surface area contributed by atoms with Crippen molar-refractivity contribution in [3.8, 4) is 10.6 Å². The highest BCUT2D eigenvalue weighted by Crippen LogP contribution is 2.29. The van der Waals surface area contributed by atoms with Crippen LogP contribution in [0, 0.1) is 10.1 Å². The minimum Gasteiger partial charge on any atom is -0.276 e. The summed E-state index contributed by atoms with van der Waals surface area (Å²) < 4.78 is 0.636. The molecular formula is C15H10ClN5O3S. The van der Waals surface area contributed by atoms with Crippen molar-refractivity contribution in [3.63, 3.8) is 0 Å². The Kier molecular flexibility index (Phi) is 4.87. The fourth-order valence-corrected chi connectivity index (χ4v) is 2.97. The molecule has 1 aromatic carbocycles. The number of nitro groups is 1. The number of carbonyl (C=O) groups is 1. The molecule has 0 bridgehead atoms. The molecule has 0 saturated carbocycles. The number of hydrogen-bond acceptors (Lipinski definition) is 6. The normalized spacial score (nSPS) is 10.9. The number of thiophene rings is 1. The number of amides is 1. The average molecular weight is 376 g/mol. The predicted octanol–water partition coefficient (Wildman–Crippen LogP) is 3.46. The smallest absolute Gasteiger partial charge is 0.276 e. The third kappa shape index (κ3) is 4.08. The molecule has 1 amide bonds. The lowest BCUT2D eigenvalue weighted by molar-refractivity contribution is -0.384. The van der Waals surface area contributed by atoms with E-state index in [1.54, 1.807) is 18.2 Å². The summed E-state index contributed by atoms with van der Waals surface area (Å²) >= 11 is 7.24. The summed E-state index contributed by atoms with van der Waals surface area (Å²) in [5.41, 5.74) is 3.59. The van der Waals surface area contributed by atoms with Gasteiger partial charge in [-0.05, 0) is 18.2 Å². The summed E-state index contributed by atoms with van der Waals surface area (Å²) in [6, 6.07) is 11.1. The van der Waals surface area contributed by atoms with Crippen LogP contribution in [-0.2, 0) is 0 Å². The standard InChI is InChI=1S/C15H10ClN5O3S/c16-14-5-4-13(25-14)11-7-12(19-18-11)15(22)20-17-8-9-2-1-3-10(6-9)21(23)24/h1-8H,(H,18,19)(H,20,22)/b17-8+. The molecule has 0 spiro atoms. The number of aromatic amines is 1. The van der Waals surface area contributed by atoms with Gasteiger partial charge in [-0.1, -0.05) is 23.7 Å². The number of hydrazone groups is 1. The van der Waals surface area contributed by atoms with E-state index in [9.17, 15) is 14.9 Å². The molecule has 0 radical (unpaired) electrons. The summed E-state index contributed by atoms with van der Waals surface area (Å²) in [5.74, 6) is -0.508. The Morgan fingerprint density at radius 3 is 2.92 bits per heavy atom. The molecule has 8 nitrogen and oxygen atoms in total. The Morgan fingerprint density at radius 2 is 2.20 bits per heavy atom. The molecule has 0 unspecified atom stereocenters. The first-order chi connectivity index (χ1) is 12.0. The van der Waals surface area contributed by atoms with E-state index in [1.165, 1.54) is 35.8 Å². The Labute approximate surface area is 150 Å². The largest absolute Gasteiger partial charge is 0.291 e. The van der Waals surface area contributed by atoms with Gasteiger partial charge in [0.25, 0.3) is 11.6 Å². The van der Waals surface area contributed by atoms with Crippen LogP contribution in [0.25, 0.3) is 10.6 Å². The van der Waals surface area contributed by atoms with Crippen molar-refractivity contribution in [1.29, 1.82) is 0 Å². The van der Waals surface area contributed by atoms with Gasteiger partial charge in [0, 0.05) is 17.7 Å². The van der Waals surface area contributed by atoms with Crippen LogP contribution in [0.3, 0.4) is 0 Å². The molecule has 0 atom stereocenters. The van der Waals surface area contributed by atoms with E-state index in [0.29, 0.717) is 15.6 Å². The highest BCUT2D eigenvalue weighted by Gasteiger charge is 2.12. The summed E-state index contributed by atoms with van der Waals surface area (Å²) in [5, 5.41) is 21.2. The Morgan fingerprint density at radius 1 is 1.36 bits per heavy atom. The first kappa shape index (κ1) is 16.8. The molecule has 0 saturated heterocycles. The van der Waals surface area contributed by atoms with Gasteiger partial charge >= 0.3 is 0 Å². The van der Waals surface area contributed by atoms with Crippen LogP contribution in [0.15, 0.2) is 47.6 Å². The summed E-state index contributed by atoms with van der Waals surface area (Å²) in [4.78, 5) is 23.1. The van der Waals surface area contributed by atoms with Crippen molar-refractivity contribution in [3.05, 3.63) is 68.2 Å². The van der Waals surface area contributed by atoms with Gasteiger partial charge in [0.05, 0.1) is 26.0 Å². The number of benzene rings is 1. The van der Waals surface area contributed by atoms with E-state index in [2.05, 4.69) is 20.7 Å². The number of aromatic nitrogens is 2. The van der Waals surface area contributed by atoms with Crippen molar-refractivity contribution < 1.29 is 9.72 Å². The number of H-pyrrole nitrogens is 1. The van der Waals surface area contributed by atoms with Gasteiger partial charge in [-0.25, -0.2) is 5.43 Å². The lowest BCUT2D eigenvalue weighted by Gasteiger charge is -1.96. The van der Waals surface area contributed by atoms with Gasteiger partial charge in [-0.15, -0.1) is 11.3 Å². The van der Waals surface area contributed by atoms with Crippen molar-refractivity contribution in [2.45, 2.75) is 0 Å². The first-order valence-corrected chi connectivity index (χ1v) is 8.11. The summed E-state index contributed by atoms with van der Waals surface area (Å²) in [6.45, 7) is 0.